The van der Waals surface area contributed by atoms with Gasteiger partial charge in [0.25, 0.3) is 0 Å². The molecule has 0 aromatic heterocycles. The molecule has 0 aliphatic rings. The number of nitrogens with zero attached hydrogens (tertiary/aromatic N) is 1. The van der Waals surface area contributed by atoms with E-state index in [1.807, 2.05) is 12.1 Å². The highest BCUT2D eigenvalue weighted by Gasteiger charge is 1.99. The van der Waals surface area contributed by atoms with E-state index in [-0.39, 0.29) is 0 Å². The predicted molar refractivity (Wildman–Crippen MR) is 63.0 cm³/mol. The van der Waals surface area contributed by atoms with Crippen LogP contribution in [0.5, 0.6) is 0 Å². The lowest BCUT2D eigenvalue weighted by atomic mass is 10.0. The van der Waals surface area contributed by atoms with Crippen molar-refractivity contribution in [3.63, 3.8) is 0 Å². The molecule has 0 saturated heterocycles. The first kappa shape index (κ1) is 14.8. The van der Waals surface area contributed by atoms with Gasteiger partial charge in [0.05, 0.1) is 11.6 Å². The number of hydrogen-bond acceptors (Lipinski definition) is 3. The predicted octanol–water partition coefficient (Wildman–Crippen LogP) is 1.42. The molecule has 1 aromatic rings. The lowest BCUT2D eigenvalue weighted by Gasteiger charge is -2.04. The van der Waals surface area contributed by atoms with Gasteiger partial charge in [-0.15, -0.1) is 0 Å². The summed E-state index contributed by atoms with van der Waals surface area (Å²) in [6.45, 7) is 4.26. The molecule has 0 amide bonds. The van der Waals surface area contributed by atoms with Gasteiger partial charge in [-0.3, -0.25) is 9.35 Å². The molecule has 4 nitrogen and oxygen atoms in total. The van der Waals surface area contributed by atoms with Crippen LogP contribution in [-0.4, -0.2) is 8.76 Å². The second kappa shape index (κ2) is 7.99. The van der Waals surface area contributed by atoms with E-state index < -0.39 is 11.3 Å². The molecule has 0 heterocycles. The number of nitriles is 1. The minimum absolute atomic E-state index is 0.768. The average Bonchev–Trinajstić information content (AvgIpc) is 2.27. The Morgan fingerprint density at radius 3 is 2.25 bits per heavy atom. The van der Waals surface area contributed by atoms with Crippen molar-refractivity contribution in [3.05, 3.63) is 34.9 Å². The molecule has 1 aromatic carbocycles. The fraction of sp³-hybridized carbons (Fsp3) is 0.364. The molecule has 2 N–H and O–H groups in total. The summed E-state index contributed by atoms with van der Waals surface area (Å²) in [5.74, 6) is 0. The lowest BCUT2D eigenvalue weighted by molar-refractivity contribution is 0.539. The molecule has 0 spiro atoms. The van der Waals surface area contributed by atoms with Crippen LogP contribution >= 0.6 is 0 Å². The third kappa shape index (κ3) is 5.61. The van der Waals surface area contributed by atoms with Crippen molar-refractivity contribution in [1.82, 2.24) is 0 Å². The molecule has 1 unspecified atom stereocenters. The van der Waals surface area contributed by atoms with Crippen molar-refractivity contribution in [2.75, 3.05) is 0 Å². The van der Waals surface area contributed by atoms with Crippen molar-refractivity contribution in [1.29, 1.82) is 5.26 Å². The third-order valence-electron chi connectivity index (χ3n) is 2.10. The van der Waals surface area contributed by atoms with Crippen LogP contribution < -0.4 is 5.14 Å². The van der Waals surface area contributed by atoms with Crippen LogP contribution in [0.4, 0.5) is 0 Å². The first-order valence-electron chi connectivity index (χ1n) is 4.90. The Balaban J connectivity index is 0.000000487. The first-order chi connectivity index (χ1) is 7.54. The maximum atomic E-state index is 8.78. The van der Waals surface area contributed by atoms with E-state index in [1.165, 1.54) is 11.1 Å². The molecule has 0 saturated carbocycles. The van der Waals surface area contributed by atoms with Crippen LogP contribution in [0.1, 0.15) is 30.5 Å². The molecule has 0 bridgehead atoms. The van der Waals surface area contributed by atoms with Gasteiger partial charge < -0.3 is 4.55 Å². The molecule has 0 fully saturated rings. The Morgan fingerprint density at radius 1 is 1.38 bits per heavy atom. The molecular weight excluding hydrogens is 224 g/mol. The largest absolute Gasteiger partial charge is 0.760 e. The van der Waals surface area contributed by atoms with Gasteiger partial charge >= 0.3 is 0 Å². The standard InChI is InChI=1S/C11H13N.H3NO2S/c1-3-10-6-5-9(8-12)7-11(10)4-2;1-4(2)3/h5-7H,3-4H2,1-2H3;1H2,(H,2,3)/p-1. The van der Waals surface area contributed by atoms with Crippen molar-refractivity contribution in [2.24, 2.45) is 5.14 Å². The fourth-order valence-electron chi connectivity index (χ4n) is 1.37. The van der Waals surface area contributed by atoms with Gasteiger partial charge in [0.1, 0.15) is 0 Å². The number of benzene rings is 1. The summed E-state index contributed by atoms with van der Waals surface area (Å²) in [5, 5.41) is 12.7. The van der Waals surface area contributed by atoms with Crippen LogP contribution in [0.15, 0.2) is 18.2 Å². The fourth-order valence-corrected chi connectivity index (χ4v) is 1.37. The first-order valence-corrected chi connectivity index (χ1v) is 6.04. The van der Waals surface area contributed by atoms with Gasteiger partial charge in [-0.05, 0) is 36.1 Å². The summed E-state index contributed by atoms with van der Waals surface area (Å²) < 4.78 is 17.6. The Kier molecular flexibility index (Phi) is 7.38. The molecule has 0 aliphatic heterocycles. The van der Waals surface area contributed by atoms with Gasteiger partial charge in [0.2, 0.25) is 0 Å². The summed E-state index contributed by atoms with van der Waals surface area (Å²) in [4.78, 5) is 0. The van der Waals surface area contributed by atoms with E-state index in [0.717, 1.165) is 18.4 Å². The summed E-state index contributed by atoms with van der Waals surface area (Å²) in [6.07, 6.45) is 2.06. The van der Waals surface area contributed by atoms with Gasteiger partial charge in [0.15, 0.2) is 0 Å². The monoisotopic (exact) mass is 239 g/mol. The van der Waals surface area contributed by atoms with Crippen molar-refractivity contribution < 1.29 is 8.76 Å². The highest BCUT2D eigenvalue weighted by Crippen LogP contribution is 2.12. The molecular formula is C11H15N2O2S-. The van der Waals surface area contributed by atoms with Gasteiger partial charge in [-0.2, -0.15) is 5.26 Å². The van der Waals surface area contributed by atoms with Crippen molar-refractivity contribution in [2.45, 2.75) is 26.7 Å². The Morgan fingerprint density at radius 2 is 1.88 bits per heavy atom. The highest BCUT2D eigenvalue weighted by atomic mass is 32.2. The van der Waals surface area contributed by atoms with Crippen LogP contribution in [-0.2, 0) is 24.1 Å². The lowest BCUT2D eigenvalue weighted by Crippen LogP contribution is -1.97. The second-order valence-electron chi connectivity index (χ2n) is 3.06. The topological polar surface area (TPSA) is 89.9 Å². The minimum atomic E-state index is -2.36. The summed E-state index contributed by atoms with van der Waals surface area (Å²) >= 11 is -2.36. The van der Waals surface area contributed by atoms with E-state index in [4.69, 9.17) is 14.0 Å². The van der Waals surface area contributed by atoms with Crippen LogP contribution in [0.3, 0.4) is 0 Å². The molecule has 1 atom stereocenters. The van der Waals surface area contributed by atoms with Gasteiger partial charge in [0, 0.05) is 11.3 Å². The zero-order valence-electron chi connectivity index (χ0n) is 9.40. The van der Waals surface area contributed by atoms with Crippen LogP contribution in [0.2, 0.25) is 0 Å². The Labute approximate surface area is 98.5 Å². The van der Waals surface area contributed by atoms with E-state index >= 15 is 0 Å². The third-order valence-corrected chi connectivity index (χ3v) is 2.10. The van der Waals surface area contributed by atoms with Gasteiger partial charge in [-0.25, -0.2) is 0 Å². The van der Waals surface area contributed by atoms with Crippen molar-refractivity contribution in [3.8, 4) is 6.07 Å². The molecule has 16 heavy (non-hydrogen) atoms. The highest BCUT2D eigenvalue weighted by molar-refractivity contribution is 7.76. The minimum Gasteiger partial charge on any atom is -0.760 e. The second-order valence-corrected chi connectivity index (χ2v) is 3.58. The van der Waals surface area contributed by atoms with Crippen LogP contribution in [0.25, 0.3) is 0 Å². The zero-order chi connectivity index (χ0) is 12.6. The quantitative estimate of drug-likeness (QED) is 0.791. The van der Waals surface area contributed by atoms with E-state index in [9.17, 15) is 0 Å². The van der Waals surface area contributed by atoms with E-state index in [0.29, 0.717) is 0 Å². The maximum absolute atomic E-state index is 8.78. The van der Waals surface area contributed by atoms with Crippen LogP contribution in [0, 0.1) is 11.3 Å². The molecule has 1 rings (SSSR count). The summed E-state index contributed by atoms with van der Waals surface area (Å²) in [5.41, 5.74) is 3.43. The Bertz CT molecular complexity index is 395. The van der Waals surface area contributed by atoms with E-state index in [1.54, 1.807) is 0 Å². The van der Waals surface area contributed by atoms with Gasteiger partial charge in [-0.1, -0.05) is 19.9 Å². The zero-order valence-corrected chi connectivity index (χ0v) is 10.2. The summed E-state index contributed by atoms with van der Waals surface area (Å²) in [6, 6.07) is 8.08. The van der Waals surface area contributed by atoms with E-state index in [2.05, 4.69) is 31.1 Å². The smallest absolute Gasteiger partial charge is 0.0991 e. The maximum Gasteiger partial charge on any atom is 0.0991 e. The number of rotatable bonds is 2. The normalized spacial score (nSPS) is 10.9. The van der Waals surface area contributed by atoms with Crippen molar-refractivity contribution >= 4 is 11.3 Å². The average molecular weight is 239 g/mol. The Hall–Kier alpha value is -1.22. The molecule has 0 radical (unpaired) electrons. The molecule has 5 heteroatoms. The number of hydrogen-bond donors (Lipinski definition) is 1. The SMILES string of the molecule is CCc1ccc(C#N)cc1CC.NS(=O)[O-]. The molecule has 88 valence electrons. The summed E-state index contributed by atoms with van der Waals surface area (Å²) in [7, 11) is 0. The number of aryl methyl sites for hydroxylation is 2. The molecule has 0 aliphatic carbocycles. The number of nitrogens with two attached hydrogens (primary N) is 1.